The number of amides is 1. The van der Waals surface area contributed by atoms with E-state index in [1.807, 2.05) is 36.4 Å². The summed E-state index contributed by atoms with van der Waals surface area (Å²) in [6, 6.07) is 16.1. The number of ether oxygens (including phenoxy) is 2. The van der Waals surface area contributed by atoms with Crippen LogP contribution in [0.3, 0.4) is 0 Å². The molecule has 0 aliphatic carbocycles. The van der Waals surface area contributed by atoms with Crippen LogP contribution in [0.1, 0.15) is 24.1 Å². The van der Waals surface area contributed by atoms with Crippen molar-refractivity contribution >= 4 is 5.91 Å². The SMILES string of the molecule is CC(C(=O)N1CCc2ccccc2C1)n1nc(-c2ccc3c(c2)OCO3)ccc1=O. The molecule has 0 N–H and O–H groups in total. The van der Waals surface area contributed by atoms with Crippen LogP contribution in [-0.4, -0.2) is 33.9 Å². The van der Waals surface area contributed by atoms with Crippen molar-refractivity contribution in [1.82, 2.24) is 14.7 Å². The molecule has 0 saturated carbocycles. The number of hydrogen-bond acceptors (Lipinski definition) is 5. The minimum atomic E-state index is -0.697. The number of hydrogen-bond donors (Lipinski definition) is 0. The summed E-state index contributed by atoms with van der Waals surface area (Å²) < 4.78 is 12.0. The largest absolute Gasteiger partial charge is 0.454 e. The molecule has 0 spiro atoms. The molecule has 30 heavy (non-hydrogen) atoms. The minimum absolute atomic E-state index is 0.109. The van der Waals surface area contributed by atoms with Crippen molar-refractivity contribution in [3.8, 4) is 22.8 Å². The van der Waals surface area contributed by atoms with Crippen LogP contribution in [-0.2, 0) is 17.8 Å². The lowest BCUT2D eigenvalue weighted by Gasteiger charge is -2.31. The van der Waals surface area contributed by atoms with Crippen molar-refractivity contribution in [1.29, 1.82) is 0 Å². The van der Waals surface area contributed by atoms with E-state index in [4.69, 9.17) is 9.47 Å². The summed E-state index contributed by atoms with van der Waals surface area (Å²) in [5, 5.41) is 4.49. The highest BCUT2D eigenvalue weighted by atomic mass is 16.7. The molecule has 3 aromatic rings. The third kappa shape index (κ3) is 3.22. The van der Waals surface area contributed by atoms with E-state index in [2.05, 4.69) is 11.2 Å². The van der Waals surface area contributed by atoms with Crippen molar-refractivity contribution in [2.24, 2.45) is 0 Å². The number of nitrogens with zero attached hydrogens (tertiary/aromatic N) is 3. The smallest absolute Gasteiger partial charge is 0.267 e. The van der Waals surface area contributed by atoms with Gasteiger partial charge in [-0.15, -0.1) is 0 Å². The normalized spacial score (nSPS) is 15.6. The quantitative estimate of drug-likeness (QED) is 0.672. The molecule has 2 aromatic carbocycles. The second-order valence-electron chi connectivity index (χ2n) is 7.52. The van der Waals surface area contributed by atoms with Gasteiger partial charge in [0.25, 0.3) is 5.56 Å². The monoisotopic (exact) mass is 403 g/mol. The van der Waals surface area contributed by atoms with Crippen LogP contribution in [0, 0.1) is 0 Å². The maximum atomic E-state index is 13.2. The summed E-state index contributed by atoms with van der Waals surface area (Å²) in [4.78, 5) is 27.5. The van der Waals surface area contributed by atoms with E-state index >= 15 is 0 Å². The van der Waals surface area contributed by atoms with Crippen LogP contribution in [0.5, 0.6) is 11.5 Å². The van der Waals surface area contributed by atoms with Gasteiger partial charge < -0.3 is 14.4 Å². The molecule has 0 radical (unpaired) electrons. The zero-order valence-electron chi connectivity index (χ0n) is 16.6. The molecule has 2 aliphatic heterocycles. The summed E-state index contributed by atoms with van der Waals surface area (Å²) >= 11 is 0. The Morgan fingerprint density at radius 2 is 1.83 bits per heavy atom. The molecule has 7 heteroatoms. The van der Waals surface area contributed by atoms with Gasteiger partial charge in [0.15, 0.2) is 11.5 Å². The van der Waals surface area contributed by atoms with E-state index < -0.39 is 6.04 Å². The Bertz CT molecular complexity index is 1190. The van der Waals surface area contributed by atoms with Crippen molar-refractivity contribution in [2.45, 2.75) is 25.9 Å². The fraction of sp³-hybridized carbons (Fsp3) is 0.261. The Morgan fingerprint density at radius 1 is 1.03 bits per heavy atom. The van der Waals surface area contributed by atoms with Crippen molar-refractivity contribution in [3.63, 3.8) is 0 Å². The summed E-state index contributed by atoms with van der Waals surface area (Å²) in [5.74, 6) is 1.21. The van der Waals surface area contributed by atoms with Crippen LogP contribution in [0.25, 0.3) is 11.3 Å². The van der Waals surface area contributed by atoms with E-state index in [-0.39, 0.29) is 18.3 Å². The molecule has 0 saturated heterocycles. The number of aromatic nitrogens is 2. The highest BCUT2D eigenvalue weighted by Crippen LogP contribution is 2.35. The molecule has 1 amide bonds. The van der Waals surface area contributed by atoms with Gasteiger partial charge in [-0.05, 0) is 48.7 Å². The Kier molecular flexibility index (Phi) is 4.50. The first-order valence-electron chi connectivity index (χ1n) is 9.95. The number of rotatable bonds is 3. The zero-order chi connectivity index (χ0) is 20.7. The predicted molar refractivity (Wildman–Crippen MR) is 110 cm³/mol. The average molecular weight is 403 g/mol. The summed E-state index contributed by atoms with van der Waals surface area (Å²) in [7, 11) is 0. The van der Waals surface area contributed by atoms with Crippen LogP contribution in [0.15, 0.2) is 59.4 Å². The van der Waals surface area contributed by atoms with Gasteiger partial charge >= 0.3 is 0 Å². The van der Waals surface area contributed by atoms with Gasteiger partial charge in [0.05, 0.1) is 5.69 Å². The van der Waals surface area contributed by atoms with Crippen LogP contribution in [0.4, 0.5) is 0 Å². The van der Waals surface area contributed by atoms with E-state index in [0.717, 1.165) is 17.5 Å². The van der Waals surface area contributed by atoms with Gasteiger partial charge in [0.2, 0.25) is 12.7 Å². The fourth-order valence-electron chi connectivity index (χ4n) is 3.97. The van der Waals surface area contributed by atoms with Gasteiger partial charge in [-0.1, -0.05) is 24.3 Å². The van der Waals surface area contributed by atoms with Gasteiger partial charge in [0, 0.05) is 24.7 Å². The van der Waals surface area contributed by atoms with Crippen molar-refractivity contribution in [2.75, 3.05) is 13.3 Å². The van der Waals surface area contributed by atoms with E-state index in [1.54, 1.807) is 17.9 Å². The first-order valence-corrected chi connectivity index (χ1v) is 9.95. The topological polar surface area (TPSA) is 73.7 Å². The molecule has 5 rings (SSSR count). The van der Waals surface area contributed by atoms with Crippen LogP contribution < -0.4 is 15.0 Å². The Hall–Kier alpha value is -3.61. The van der Waals surface area contributed by atoms with E-state index in [0.29, 0.717) is 30.3 Å². The minimum Gasteiger partial charge on any atom is -0.454 e. The lowest BCUT2D eigenvalue weighted by Crippen LogP contribution is -2.42. The maximum Gasteiger partial charge on any atom is 0.267 e. The molecular weight excluding hydrogens is 382 g/mol. The van der Waals surface area contributed by atoms with E-state index in [9.17, 15) is 9.59 Å². The Labute approximate surface area is 173 Å². The lowest BCUT2D eigenvalue weighted by molar-refractivity contribution is -0.135. The number of fused-ring (bicyclic) bond motifs is 2. The average Bonchev–Trinajstić information content (AvgIpc) is 3.26. The van der Waals surface area contributed by atoms with Crippen molar-refractivity contribution in [3.05, 3.63) is 76.1 Å². The summed E-state index contributed by atoms with van der Waals surface area (Å²) in [5.41, 5.74) is 3.50. The van der Waals surface area contributed by atoms with E-state index in [1.165, 1.54) is 16.3 Å². The molecule has 0 bridgehead atoms. The number of benzene rings is 2. The second-order valence-corrected chi connectivity index (χ2v) is 7.52. The first-order chi connectivity index (χ1) is 14.6. The molecule has 3 heterocycles. The summed E-state index contributed by atoms with van der Waals surface area (Å²) in [6.07, 6.45) is 0.814. The summed E-state index contributed by atoms with van der Waals surface area (Å²) in [6.45, 7) is 3.10. The lowest BCUT2D eigenvalue weighted by atomic mass is 9.99. The molecule has 1 unspecified atom stereocenters. The number of carbonyl (C=O) groups is 1. The molecule has 152 valence electrons. The van der Waals surface area contributed by atoms with Crippen molar-refractivity contribution < 1.29 is 14.3 Å². The number of carbonyl (C=O) groups excluding carboxylic acids is 1. The molecule has 2 aliphatic rings. The molecule has 1 atom stereocenters. The Balaban J connectivity index is 1.42. The first kappa shape index (κ1) is 18.4. The third-order valence-corrected chi connectivity index (χ3v) is 5.66. The standard InChI is InChI=1S/C23H21N3O4/c1-15(23(28)25-11-10-16-4-2-3-5-18(16)13-25)26-22(27)9-7-19(24-26)17-6-8-20-21(12-17)30-14-29-20/h2-9,12,15H,10-11,13-14H2,1H3. The highest BCUT2D eigenvalue weighted by Gasteiger charge is 2.27. The Morgan fingerprint density at radius 3 is 2.70 bits per heavy atom. The fourth-order valence-corrected chi connectivity index (χ4v) is 3.97. The zero-order valence-corrected chi connectivity index (χ0v) is 16.6. The molecule has 1 aromatic heterocycles. The predicted octanol–water partition coefficient (Wildman–Crippen LogP) is 2.78. The highest BCUT2D eigenvalue weighted by molar-refractivity contribution is 5.80. The van der Waals surface area contributed by atoms with Gasteiger partial charge in [0.1, 0.15) is 6.04 Å². The van der Waals surface area contributed by atoms with Crippen LogP contribution in [0.2, 0.25) is 0 Å². The van der Waals surface area contributed by atoms with Gasteiger partial charge in [-0.2, -0.15) is 5.10 Å². The van der Waals surface area contributed by atoms with Crippen LogP contribution >= 0.6 is 0 Å². The third-order valence-electron chi connectivity index (χ3n) is 5.66. The maximum absolute atomic E-state index is 13.2. The molecule has 0 fully saturated rings. The molecular formula is C23H21N3O4. The van der Waals surface area contributed by atoms with Gasteiger partial charge in [-0.25, -0.2) is 4.68 Å². The second kappa shape index (κ2) is 7.33. The van der Waals surface area contributed by atoms with Gasteiger partial charge in [-0.3, -0.25) is 9.59 Å². The molecule has 7 nitrogen and oxygen atoms in total.